The van der Waals surface area contributed by atoms with E-state index in [0.717, 1.165) is 71.5 Å². The van der Waals surface area contributed by atoms with Crippen molar-refractivity contribution in [3.63, 3.8) is 0 Å². The zero-order valence-electron chi connectivity index (χ0n) is 80.5. The molecular weight excluding hydrogens is 2010 g/mol. The van der Waals surface area contributed by atoms with Crippen LogP contribution in [0, 0.1) is 0 Å². The SMILES string of the molecule is C=CC(=O)N[C@H]1CC(C)(C)OC[C@H]1Nc1ncc2cc(-c3c(Cl)c(OC)cc(OC)c3Cl)ccc2n1.C=CC(=O)N[C@H]1CCC[C@H]1Nc1ncc2cc(-c3c(Cl)c(OC)cc(OC)c3Cl)c(=O)n(CC)c2n1.C=CC(=O)N[C@H]1CCC[C@H]1Nc1ncc2nc(-c3c(Cl)c(OC)cc(OC)c3Cl)c(=O)n(CC)c2n1.C=CC(=O)N[C@H]1C[C@H](C)OC[C@H]1Nc1ncc2cc(-c3c(Cl)c(OC)cc(OC)c3Cl)ccc2n1. The monoisotopic (exact) mass is 2110 g/mol. The van der Waals surface area contributed by atoms with Crippen molar-refractivity contribution in [2.75, 3.05) is 91.4 Å². The smallest absolute Gasteiger partial charge is 0.278 e. The second kappa shape index (κ2) is 48.1. The Bertz CT molecular complexity index is 6680. The maximum atomic E-state index is 13.6. The van der Waals surface area contributed by atoms with Crippen LogP contribution in [0.4, 0.5) is 23.8 Å². The second-order valence-electron chi connectivity index (χ2n) is 33.9. The fraction of sp³-hybridized carbons (Fsp3) is 0.350. The van der Waals surface area contributed by atoms with E-state index >= 15 is 0 Å². The van der Waals surface area contributed by atoms with Crippen molar-refractivity contribution in [3.8, 4) is 90.6 Å². The lowest BCUT2D eigenvalue weighted by Gasteiger charge is -2.41. The zero-order chi connectivity index (χ0) is 103. The first-order valence-electron chi connectivity index (χ1n) is 45.3. The first-order valence-corrected chi connectivity index (χ1v) is 48.3. The Morgan fingerprint density at radius 1 is 0.406 bits per heavy atom. The van der Waals surface area contributed by atoms with Crippen molar-refractivity contribution in [2.45, 2.75) is 159 Å². The van der Waals surface area contributed by atoms with E-state index in [-0.39, 0.29) is 126 Å². The van der Waals surface area contributed by atoms with Gasteiger partial charge < -0.3 is 89.9 Å². The maximum absolute atomic E-state index is 13.6. The summed E-state index contributed by atoms with van der Waals surface area (Å²) in [6.45, 7) is 25.2. The number of nitrogens with zero attached hydrogens (tertiary/aromatic N) is 11. The lowest BCUT2D eigenvalue weighted by molar-refractivity contribution is -0.120. The Morgan fingerprint density at radius 2 is 0.755 bits per heavy atom. The maximum Gasteiger partial charge on any atom is 0.278 e. The Balaban J connectivity index is 0.000000160. The molecule has 0 radical (unpaired) electrons. The van der Waals surface area contributed by atoms with Crippen LogP contribution in [-0.2, 0) is 41.7 Å². The summed E-state index contributed by atoms with van der Waals surface area (Å²) in [7, 11) is 12.0. The zero-order valence-corrected chi connectivity index (χ0v) is 86.5. The van der Waals surface area contributed by atoms with Crippen LogP contribution in [-0.4, -0.2) is 208 Å². The number of anilines is 4. The van der Waals surface area contributed by atoms with Gasteiger partial charge in [-0.15, -0.1) is 0 Å². The van der Waals surface area contributed by atoms with Crippen molar-refractivity contribution in [2.24, 2.45) is 0 Å². The lowest BCUT2D eigenvalue weighted by atomic mass is 9.90. The lowest BCUT2D eigenvalue weighted by Crippen LogP contribution is -2.56. The van der Waals surface area contributed by atoms with Crippen molar-refractivity contribution in [1.82, 2.24) is 75.3 Å². The van der Waals surface area contributed by atoms with Gasteiger partial charge in [0, 0.05) is 113 Å². The van der Waals surface area contributed by atoms with Gasteiger partial charge in [-0.05, 0) is 152 Å². The number of benzene rings is 6. The quantitative estimate of drug-likeness (QED) is 0.0194. The molecule has 2 saturated carbocycles. The molecule has 754 valence electrons. The van der Waals surface area contributed by atoms with Crippen LogP contribution in [0.3, 0.4) is 0 Å². The number of nitrogens with one attached hydrogen (secondary N) is 8. The van der Waals surface area contributed by atoms with Gasteiger partial charge in [-0.3, -0.25) is 37.9 Å². The minimum Gasteiger partial charge on any atom is -0.495 e. The highest BCUT2D eigenvalue weighted by atomic mass is 35.5. The van der Waals surface area contributed by atoms with Gasteiger partial charge in [0.25, 0.3) is 11.1 Å². The Morgan fingerprint density at radius 3 is 1.17 bits per heavy atom. The molecule has 8 heterocycles. The molecule has 16 rings (SSSR count). The standard InChI is InChI=1S/C26H28Cl2N4O4.C25H27Cl2N5O4.C25H26Cl2N4O4.C24H26Cl2N6O4/c1-6-21(33)30-17-11-26(2,3)36-13-18(17)32-25-29-12-15-9-14(7-8-16(15)31-25)22-23(27)19(34-4)10-20(35-5)24(22)28;1-5-19(33)29-15-8-7-9-16(15)30-25-28-12-13-10-14(24(34)32(6-2)23(13)31-25)20-21(26)17(35-3)11-18(36-4)22(20)27;1-5-21(32)29-17-8-13(2)35-12-18(17)31-25-28-11-15-9-14(6-7-16(15)30-25)22-23(26)19(33-3)10-20(34-4)24(22)27;1-5-17(33)28-12-8-7-9-13(12)30-24-27-11-14-22(31-24)32(6-2)23(34)21(29-14)18-19(25)15(35-3)10-16(36-4)20(18)26/h6-10,12,17-18H,1,11,13H2,2-5H3,(H,30,33)(H,29,31,32);5,10-12,15-16H,1,6-9H2,2-4H3,(H,29,33)(H,28,30,31);5-7,9-11,13,17-18H,1,8,12H2,2-4H3,(H,29,32)(H,28,30,31);5,10-13H,1,6-9H2,2-4H3,(H,28,33)(H,27,30,31)/t17-,18+;15-,16+;13-,17-,18+;12-,13+/m0000/s1. The van der Waals surface area contributed by atoms with Crippen molar-refractivity contribution < 1.29 is 66.5 Å². The molecule has 43 heteroatoms. The number of rotatable bonds is 30. The number of carbonyl (C=O) groups is 4. The number of halogens is 8. The summed E-state index contributed by atoms with van der Waals surface area (Å²) in [6, 6.07) is 18.5. The number of methoxy groups -OCH3 is 8. The summed E-state index contributed by atoms with van der Waals surface area (Å²) < 4.78 is 57.7. The predicted octanol–water partition coefficient (Wildman–Crippen LogP) is 18.4. The van der Waals surface area contributed by atoms with Gasteiger partial charge in [0.1, 0.15) is 62.9 Å². The molecule has 8 N–H and O–H groups in total. The number of pyridine rings is 1. The van der Waals surface area contributed by atoms with Crippen LogP contribution in [0.5, 0.6) is 46.0 Å². The van der Waals surface area contributed by atoms with Gasteiger partial charge in [-0.1, -0.05) is 131 Å². The summed E-state index contributed by atoms with van der Waals surface area (Å²) in [5, 5.41) is 29.5. The summed E-state index contributed by atoms with van der Waals surface area (Å²) in [5.41, 5.74) is 5.14. The third kappa shape index (κ3) is 24.3. The average Bonchev–Trinajstić information content (AvgIpc) is 1.50. The number of carbonyl (C=O) groups excluding carboxylic acids is 4. The van der Waals surface area contributed by atoms with Crippen LogP contribution in [0.1, 0.15) is 86.0 Å². The molecule has 2 saturated heterocycles. The Kier molecular flexibility index (Phi) is 36.1. The number of hydrogen-bond donors (Lipinski definition) is 8. The molecule has 35 nitrogen and oxygen atoms in total. The summed E-state index contributed by atoms with van der Waals surface area (Å²) in [6.07, 6.45) is 18.3. The van der Waals surface area contributed by atoms with E-state index in [1.807, 2.05) is 71.0 Å². The minimum atomic E-state index is -0.425. The first kappa shape index (κ1) is 107. The van der Waals surface area contributed by atoms with Crippen LogP contribution in [0.2, 0.25) is 40.2 Å². The Labute approximate surface area is 864 Å². The number of ether oxygens (including phenoxy) is 10. The highest BCUT2D eigenvalue weighted by Gasteiger charge is 2.39. The number of amides is 4. The summed E-state index contributed by atoms with van der Waals surface area (Å²) in [4.78, 5) is 115. The van der Waals surface area contributed by atoms with Crippen molar-refractivity contribution in [3.05, 3.63) is 203 Å². The van der Waals surface area contributed by atoms with Gasteiger partial charge >= 0.3 is 0 Å². The number of fused-ring (bicyclic) bond motifs is 4. The molecule has 6 aromatic heterocycles. The molecule has 9 atom stereocenters. The molecule has 12 aromatic rings. The molecule has 2 aliphatic heterocycles. The highest BCUT2D eigenvalue weighted by molar-refractivity contribution is 6.43. The largest absolute Gasteiger partial charge is 0.495 e. The molecule has 0 bridgehead atoms. The third-order valence-electron chi connectivity index (χ3n) is 24.5. The predicted molar refractivity (Wildman–Crippen MR) is 561 cm³/mol. The number of hydrogen-bond acceptors (Lipinski definition) is 29. The first-order chi connectivity index (χ1) is 68.6. The van der Waals surface area contributed by atoms with Crippen LogP contribution in [0.15, 0.2) is 152 Å². The van der Waals surface area contributed by atoms with Crippen LogP contribution >= 0.6 is 92.8 Å². The van der Waals surface area contributed by atoms with E-state index in [2.05, 4.69) is 114 Å². The van der Waals surface area contributed by atoms with Crippen molar-refractivity contribution >= 4 is 184 Å². The van der Waals surface area contributed by atoms with E-state index < -0.39 is 5.56 Å². The molecule has 0 spiro atoms. The van der Waals surface area contributed by atoms with E-state index in [1.54, 1.807) is 53.5 Å². The highest BCUT2D eigenvalue weighted by Crippen LogP contribution is 2.51. The van der Waals surface area contributed by atoms with Gasteiger partial charge in [-0.25, -0.2) is 34.9 Å². The number of aromatic nitrogens is 11. The molecule has 143 heavy (non-hydrogen) atoms. The van der Waals surface area contributed by atoms with E-state index in [1.165, 1.54) is 91.9 Å². The molecule has 4 fully saturated rings. The fourth-order valence-electron chi connectivity index (χ4n) is 17.2. The summed E-state index contributed by atoms with van der Waals surface area (Å²) >= 11 is 52.6. The molecule has 0 unspecified atom stereocenters. The van der Waals surface area contributed by atoms with Gasteiger partial charge in [0.15, 0.2) is 5.65 Å². The van der Waals surface area contributed by atoms with E-state index in [9.17, 15) is 28.8 Å². The Hall–Kier alpha value is -12.8. The average molecular weight is 2110 g/mol. The molecule has 2 aliphatic carbocycles. The van der Waals surface area contributed by atoms with Gasteiger partial charge in [0.2, 0.25) is 47.4 Å². The normalized spacial score (nSPS) is 18.2. The topological polar surface area (TPSA) is 417 Å². The van der Waals surface area contributed by atoms with E-state index in [0.29, 0.717) is 168 Å². The minimum absolute atomic E-state index is 0.0313. The molecular formula is C100H107Cl8N19O16. The van der Waals surface area contributed by atoms with Crippen LogP contribution < -0.4 is 91.5 Å². The molecule has 4 aliphatic rings. The van der Waals surface area contributed by atoms with Crippen LogP contribution in [0.25, 0.3) is 88.6 Å². The fourth-order valence-corrected chi connectivity index (χ4v) is 20.1. The van der Waals surface area contributed by atoms with Gasteiger partial charge in [0.05, 0.1) is 175 Å². The molecule has 4 amide bonds. The molecule has 6 aromatic carbocycles. The van der Waals surface area contributed by atoms with Gasteiger partial charge in [-0.2, -0.15) is 9.97 Å². The second-order valence-corrected chi connectivity index (χ2v) is 36.9. The van der Waals surface area contributed by atoms with E-state index in [4.69, 9.17) is 140 Å². The number of aryl methyl sites for hydroxylation is 2. The summed E-state index contributed by atoms with van der Waals surface area (Å²) in [5.74, 6) is 3.77. The third-order valence-corrected chi connectivity index (χ3v) is 27.5. The van der Waals surface area contributed by atoms with Crippen molar-refractivity contribution in [1.29, 1.82) is 0 Å².